The number of anilines is 3. The maximum atomic E-state index is 12.7. The van der Waals surface area contributed by atoms with Crippen molar-refractivity contribution >= 4 is 62.9 Å². The average Bonchev–Trinajstić information content (AvgIpc) is 3.98. The monoisotopic (exact) mass is 813 g/mol. The minimum atomic E-state index is -0.646. The fourth-order valence-corrected chi connectivity index (χ4v) is 10.4. The van der Waals surface area contributed by atoms with Crippen molar-refractivity contribution in [1.82, 2.24) is 40.1 Å². The number of likely N-dealkylation sites (N-methyl/N-ethyl adjacent to an activating group) is 1. The number of aromatic nitrogens is 4. The van der Waals surface area contributed by atoms with Crippen LogP contribution in [0.15, 0.2) is 53.3 Å². The molecule has 1 unspecified atom stereocenters. The lowest BCUT2D eigenvalue weighted by molar-refractivity contribution is -0.134. The van der Waals surface area contributed by atoms with E-state index in [1.807, 2.05) is 36.3 Å². The van der Waals surface area contributed by atoms with E-state index >= 15 is 0 Å². The van der Waals surface area contributed by atoms with E-state index in [9.17, 15) is 19.2 Å². The van der Waals surface area contributed by atoms with Gasteiger partial charge in [-0.2, -0.15) is 0 Å². The predicted molar refractivity (Wildman–Crippen MR) is 225 cm³/mol. The van der Waals surface area contributed by atoms with Crippen molar-refractivity contribution in [2.75, 3.05) is 63.1 Å². The molecule has 5 fully saturated rings. The van der Waals surface area contributed by atoms with Crippen LogP contribution in [0.1, 0.15) is 96.4 Å². The molecular weight excluding hydrogens is 763 g/mol. The lowest BCUT2D eigenvalue weighted by Crippen LogP contribution is -2.49. The van der Waals surface area contributed by atoms with Gasteiger partial charge in [-0.05, 0) is 111 Å². The van der Waals surface area contributed by atoms with Crippen molar-refractivity contribution in [3.05, 3.63) is 71.3 Å². The number of carbonyl (C=O) groups excluding carboxylic acids is 4. The van der Waals surface area contributed by atoms with Crippen molar-refractivity contribution in [3.63, 3.8) is 0 Å². The summed E-state index contributed by atoms with van der Waals surface area (Å²) in [5, 5.41) is 10.7. The van der Waals surface area contributed by atoms with Crippen LogP contribution in [0.5, 0.6) is 0 Å². The van der Waals surface area contributed by atoms with Gasteiger partial charge in [0, 0.05) is 63.5 Å². The number of nitrogens with two attached hydrogens (primary N) is 1. The molecule has 16 nitrogen and oxygen atoms in total. The number of fused-ring (bicyclic) bond motifs is 3. The molecule has 0 spiro atoms. The summed E-state index contributed by atoms with van der Waals surface area (Å²) in [6.07, 6.45) is 10.5. The summed E-state index contributed by atoms with van der Waals surface area (Å²) >= 11 is 0. The Morgan fingerprint density at radius 3 is 2.53 bits per heavy atom. The minimum Gasteiger partial charge on any atom is -0.382 e. The van der Waals surface area contributed by atoms with E-state index in [1.54, 1.807) is 11.1 Å². The zero-order valence-corrected chi connectivity index (χ0v) is 33.9. The number of urea groups is 1. The first-order chi connectivity index (χ1) is 29.2. The molecule has 10 rings (SSSR count). The Labute approximate surface area is 347 Å². The van der Waals surface area contributed by atoms with E-state index in [4.69, 9.17) is 20.2 Å². The number of nitrogens with zero attached hydrogens (tertiary/aromatic N) is 7. The van der Waals surface area contributed by atoms with Crippen LogP contribution in [0, 0.1) is 5.92 Å². The lowest BCUT2D eigenvalue weighted by atomic mass is 9.70. The van der Waals surface area contributed by atoms with E-state index < -0.39 is 11.8 Å². The fraction of sp³-hybridized carbons (Fsp3) is 0.477. The Hall–Kier alpha value is -6.03. The molecule has 7 heterocycles. The first-order valence-electron chi connectivity index (χ1n) is 21.4. The number of primary amides is 1. The highest BCUT2D eigenvalue weighted by atomic mass is 16.5. The minimum absolute atomic E-state index is 0.0700. The number of rotatable bonds is 10. The van der Waals surface area contributed by atoms with E-state index in [-0.39, 0.29) is 29.6 Å². The first-order valence-corrected chi connectivity index (χ1v) is 21.4. The number of benzene rings is 2. The summed E-state index contributed by atoms with van der Waals surface area (Å²) in [6, 6.07) is 12.7. The zero-order chi connectivity index (χ0) is 41.1. The molecule has 2 atom stereocenters. The molecule has 0 radical (unpaired) electrons. The Balaban J connectivity index is 0.735. The van der Waals surface area contributed by atoms with Crippen LogP contribution in [0.2, 0.25) is 0 Å². The molecule has 60 heavy (non-hydrogen) atoms. The molecule has 5 aliphatic rings. The van der Waals surface area contributed by atoms with Gasteiger partial charge in [0.25, 0.3) is 5.91 Å². The number of aromatic amines is 1. The number of H-pyrrole nitrogens is 1. The van der Waals surface area contributed by atoms with Gasteiger partial charge in [0.1, 0.15) is 5.82 Å². The third-order valence-corrected chi connectivity index (χ3v) is 13.7. The third kappa shape index (κ3) is 7.09. The number of nitrogens with one attached hydrogen (secondary N) is 3. The standard InChI is InChI=1S/C44H51N11O5/c1-52-17-18-55(44(52)59)30-3-2-14-54(24-30)35-22-47-40(41(45)57)42(49-35)48-29-6-4-26(5-7-29)27-11-15-53(16-12-27)23-25-19-28(20-25)33-21-34-37(31-10-13-46-38(31)33)39(51-60-34)32-8-9-36(56)50-43(32)58/h4-7,10,13,21-22,25,27-28,30,32,51H,2-3,8-9,11-12,14-20,23-24H2,1H3,(H2,45,57)(H,48,49)(H,50,56,58)/t25?,28?,30-,32?/m1/s1. The molecule has 2 aromatic carbocycles. The maximum absolute atomic E-state index is 12.7. The molecule has 312 valence electrons. The van der Waals surface area contributed by atoms with Gasteiger partial charge in [-0.3, -0.25) is 24.7 Å². The van der Waals surface area contributed by atoms with Crippen LogP contribution in [-0.4, -0.2) is 117 Å². The van der Waals surface area contributed by atoms with Crippen molar-refractivity contribution in [1.29, 1.82) is 0 Å². The van der Waals surface area contributed by atoms with Gasteiger partial charge in [0.15, 0.2) is 17.1 Å². The van der Waals surface area contributed by atoms with Gasteiger partial charge in [0.2, 0.25) is 11.8 Å². The van der Waals surface area contributed by atoms with Gasteiger partial charge < -0.3 is 35.2 Å². The highest BCUT2D eigenvalue weighted by molar-refractivity contribution is 6.10. The Morgan fingerprint density at radius 2 is 1.78 bits per heavy atom. The number of likely N-dealkylation sites (tertiary alicyclic amines) is 1. The molecule has 5 amide bonds. The van der Waals surface area contributed by atoms with Crippen molar-refractivity contribution in [2.24, 2.45) is 11.7 Å². The van der Waals surface area contributed by atoms with Gasteiger partial charge in [-0.1, -0.05) is 12.1 Å². The first kappa shape index (κ1) is 38.2. The van der Waals surface area contributed by atoms with Crippen LogP contribution in [-0.2, 0) is 9.59 Å². The van der Waals surface area contributed by atoms with Crippen molar-refractivity contribution < 1.29 is 23.7 Å². The molecule has 3 aromatic heterocycles. The summed E-state index contributed by atoms with van der Waals surface area (Å²) in [5.74, 6) is 0.858. The van der Waals surface area contributed by atoms with Crippen LogP contribution in [0.4, 0.5) is 22.1 Å². The van der Waals surface area contributed by atoms with Gasteiger partial charge in [-0.15, -0.1) is 0 Å². The second kappa shape index (κ2) is 15.5. The topological polar surface area (TPSA) is 199 Å². The van der Waals surface area contributed by atoms with Crippen LogP contribution >= 0.6 is 0 Å². The van der Waals surface area contributed by atoms with E-state index in [2.05, 4.69) is 48.8 Å². The largest absolute Gasteiger partial charge is 0.382 e. The number of hydrogen-bond donors (Lipinski definition) is 4. The van der Waals surface area contributed by atoms with Crippen molar-refractivity contribution in [3.8, 4) is 0 Å². The van der Waals surface area contributed by atoms with E-state index in [0.717, 1.165) is 105 Å². The third-order valence-electron chi connectivity index (χ3n) is 13.7. The quantitative estimate of drug-likeness (QED) is 0.136. The number of carbonyl (C=O) groups is 4. The highest BCUT2D eigenvalue weighted by Gasteiger charge is 2.37. The van der Waals surface area contributed by atoms with Crippen LogP contribution in [0.3, 0.4) is 0 Å². The molecule has 5 aromatic rings. The fourth-order valence-electron chi connectivity index (χ4n) is 10.4. The smallest absolute Gasteiger partial charge is 0.320 e. The number of imide groups is 1. The molecule has 4 aliphatic heterocycles. The molecule has 4 saturated heterocycles. The van der Waals surface area contributed by atoms with Gasteiger partial charge in [0.05, 0.1) is 34.8 Å². The SMILES string of the molecule is CN1CCN([C@@H]2CCCN(c3cnc(C(N)=O)c(Nc4ccc(C5CCN(CC6CC(c7cc8o[nH]c(C9CCC(=O)NC9=O)c8c8ccnc78)C6)CC5)cc4)n3)C2)C1=O. The number of hydrogen-bond acceptors (Lipinski definition) is 11. The molecular formula is C44H51N11O5. The maximum Gasteiger partial charge on any atom is 0.320 e. The Bertz CT molecular complexity index is 2470. The molecule has 5 N–H and O–H groups in total. The highest BCUT2D eigenvalue weighted by Crippen LogP contribution is 2.47. The number of amides is 5. The molecule has 1 aliphatic carbocycles. The van der Waals surface area contributed by atoms with Crippen LogP contribution < -0.4 is 21.3 Å². The Kier molecular flexibility index (Phi) is 9.89. The van der Waals surface area contributed by atoms with E-state index in [1.165, 1.54) is 11.1 Å². The van der Waals surface area contributed by atoms with Crippen molar-refractivity contribution in [2.45, 2.75) is 75.2 Å². The predicted octanol–water partition coefficient (Wildman–Crippen LogP) is 5.17. The molecule has 0 bridgehead atoms. The second-order valence-corrected chi connectivity index (χ2v) is 17.5. The molecule has 1 saturated carbocycles. The second-order valence-electron chi connectivity index (χ2n) is 17.5. The summed E-state index contributed by atoms with van der Waals surface area (Å²) < 4.78 is 5.94. The average molecular weight is 814 g/mol. The Morgan fingerprint density at radius 1 is 0.967 bits per heavy atom. The lowest BCUT2D eigenvalue weighted by Gasteiger charge is -2.41. The van der Waals surface area contributed by atoms with Crippen LogP contribution in [0.25, 0.3) is 21.9 Å². The summed E-state index contributed by atoms with van der Waals surface area (Å²) in [5.41, 5.74) is 11.6. The summed E-state index contributed by atoms with van der Waals surface area (Å²) in [7, 11) is 1.84. The normalized spacial score (nSPS) is 24.4. The van der Waals surface area contributed by atoms with E-state index in [0.29, 0.717) is 54.5 Å². The van der Waals surface area contributed by atoms with Gasteiger partial charge >= 0.3 is 6.03 Å². The van der Waals surface area contributed by atoms with Gasteiger partial charge in [-0.25, -0.2) is 19.9 Å². The summed E-state index contributed by atoms with van der Waals surface area (Å²) in [4.78, 5) is 72.0. The summed E-state index contributed by atoms with van der Waals surface area (Å²) in [6.45, 7) is 6.13. The molecule has 16 heteroatoms. The number of piperidine rings is 3. The zero-order valence-electron chi connectivity index (χ0n) is 33.9.